The molecule has 1 fully saturated rings. The molecule has 4 heterocycles. The Bertz CT molecular complexity index is 1150. The van der Waals surface area contributed by atoms with Gasteiger partial charge in [0.2, 0.25) is 5.91 Å². The van der Waals surface area contributed by atoms with Crippen LogP contribution in [-0.4, -0.2) is 36.9 Å². The fraction of sp³-hybridized carbons (Fsp3) is 0.316. The zero-order chi connectivity index (χ0) is 18.8. The van der Waals surface area contributed by atoms with E-state index in [1.807, 2.05) is 6.07 Å². The number of aromatic nitrogens is 2. The minimum absolute atomic E-state index is 0.198. The fourth-order valence-corrected chi connectivity index (χ4v) is 5.64. The van der Waals surface area contributed by atoms with Gasteiger partial charge in [-0.3, -0.25) is 18.4 Å². The second-order valence-electron chi connectivity index (χ2n) is 7.00. The number of para-hydroxylation sites is 1. The van der Waals surface area contributed by atoms with Crippen LogP contribution in [0.15, 0.2) is 52.1 Å². The molecular weight excluding hydrogens is 366 g/mol. The smallest absolute Gasteiger partial charge is 0.262 e. The predicted octanol–water partition coefficient (Wildman–Crippen LogP) is 1.55. The van der Waals surface area contributed by atoms with Gasteiger partial charge in [0.1, 0.15) is 6.04 Å². The van der Waals surface area contributed by atoms with Crippen molar-refractivity contribution in [1.29, 1.82) is 0 Å². The highest BCUT2D eigenvalue weighted by atomic mass is 32.2. The van der Waals surface area contributed by atoms with Crippen LogP contribution < -0.4 is 5.56 Å². The Morgan fingerprint density at radius 3 is 2.89 bits per heavy atom. The van der Waals surface area contributed by atoms with E-state index < -0.39 is 21.7 Å². The Balaban J connectivity index is 1.83. The van der Waals surface area contributed by atoms with E-state index in [0.29, 0.717) is 35.4 Å². The van der Waals surface area contributed by atoms with Gasteiger partial charge in [-0.25, -0.2) is 4.98 Å². The van der Waals surface area contributed by atoms with Crippen molar-refractivity contribution in [2.24, 2.45) is 0 Å². The zero-order valence-corrected chi connectivity index (χ0v) is 15.4. The molecule has 1 unspecified atom stereocenters. The van der Waals surface area contributed by atoms with Crippen molar-refractivity contribution in [2.75, 3.05) is 12.3 Å². The summed E-state index contributed by atoms with van der Waals surface area (Å²) < 4.78 is 19.4. The summed E-state index contributed by atoms with van der Waals surface area (Å²) in [6.45, 7) is 2.14. The minimum Gasteiger partial charge on any atom is -0.472 e. The molecule has 0 spiro atoms. The van der Waals surface area contributed by atoms with Crippen LogP contribution in [0.1, 0.15) is 24.4 Å². The summed E-state index contributed by atoms with van der Waals surface area (Å²) in [5.41, 5.74) is 1.10. The number of benzene rings is 1. The second-order valence-corrected chi connectivity index (χ2v) is 8.90. The molecule has 2 aromatic heterocycles. The number of amides is 1. The van der Waals surface area contributed by atoms with Crippen LogP contribution in [0.5, 0.6) is 0 Å². The van der Waals surface area contributed by atoms with Crippen molar-refractivity contribution in [2.45, 2.75) is 24.3 Å². The fourth-order valence-electron chi connectivity index (χ4n) is 4.12. The number of rotatable bonds is 2. The number of hydrogen-bond acceptors (Lipinski definition) is 5. The third-order valence-electron chi connectivity index (χ3n) is 5.55. The quantitative estimate of drug-likeness (QED) is 0.670. The lowest BCUT2D eigenvalue weighted by Gasteiger charge is -2.42. The summed E-state index contributed by atoms with van der Waals surface area (Å²) >= 11 is 0. The van der Waals surface area contributed by atoms with E-state index in [9.17, 15) is 13.8 Å². The highest BCUT2D eigenvalue weighted by molar-refractivity contribution is 7.86. The number of hydrogen-bond donors (Lipinski definition) is 0. The maximum atomic E-state index is 13.3. The monoisotopic (exact) mass is 383 g/mol. The molecule has 0 radical (unpaired) electrons. The molecule has 27 heavy (non-hydrogen) atoms. The van der Waals surface area contributed by atoms with Crippen LogP contribution in [-0.2, 0) is 26.9 Å². The molecule has 5 rings (SSSR count). The van der Waals surface area contributed by atoms with Crippen LogP contribution >= 0.6 is 0 Å². The summed E-state index contributed by atoms with van der Waals surface area (Å²) in [6, 6.07) is 8.11. The van der Waals surface area contributed by atoms with Crippen molar-refractivity contribution < 1.29 is 13.4 Å². The van der Waals surface area contributed by atoms with Gasteiger partial charge in [0.15, 0.2) is 10.7 Å². The van der Waals surface area contributed by atoms with Crippen LogP contribution in [0.4, 0.5) is 0 Å². The summed E-state index contributed by atoms with van der Waals surface area (Å²) in [6.07, 6.45) is 3.43. The Hall–Kier alpha value is -2.74. The average Bonchev–Trinajstić information content (AvgIpc) is 3.28. The number of nitrogens with zero attached hydrogens (tertiary/aromatic N) is 3. The van der Waals surface area contributed by atoms with Crippen molar-refractivity contribution >= 4 is 27.6 Å². The Labute approximate surface area is 157 Å². The molecule has 1 amide bonds. The first-order chi connectivity index (χ1) is 13.0. The standard InChI is InChI=1S/C19H17N3O4S/c1-19-18-20-14-5-3-2-4-13(14)16(23)22(18)15(10-12-6-8-26-11-12)17(24)21(19)7-9-27(19)25/h2-6,8,11,15H,7,9-10H2,1H3/t15-,19+,27?/m1/s1. The molecule has 8 heteroatoms. The van der Waals surface area contributed by atoms with Crippen LogP contribution in [0.25, 0.3) is 10.9 Å². The third-order valence-corrected chi connectivity index (χ3v) is 7.40. The molecule has 1 saturated heterocycles. The van der Waals surface area contributed by atoms with Gasteiger partial charge in [-0.1, -0.05) is 12.1 Å². The zero-order valence-electron chi connectivity index (χ0n) is 14.6. The van der Waals surface area contributed by atoms with Crippen molar-refractivity contribution in [1.82, 2.24) is 14.5 Å². The number of furan rings is 1. The first-order valence-corrected chi connectivity index (χ1v) is 10.1. The molecule has 3 aromatic rings. The maximum Gasteiger partial charge on any atom is 0.262 e. The minimum atomic E-state index is -1.33. The predicted molar refractivity (Wildman–Crippen MR) is 99.5 cm³/mol. The maximum absolute atomic E-state index is 13.3. The molecule has 2 aliphatic heterocycles. The Kier molecular flexibility index (Phi) is 3.42. The molecule has 0 N–H and O–H groups in total. The topological polar surface area (TPSA) is 85.4 Å². The first-order valence-electron chi connectivity index (χ1n) is 8.74. The van der Waals surface area contributed by atoms with E-state index in [1.165, 1.54) is 4.57 Å². The molecule has 138 valence electrons. The largest absolute Gasteiger partial charge is 0.472 e. The van der Waals surface area contributed by atoms with Gasteiger partial charge in [-0.2, -0.15) is 0 Å². The summed E-state index contributed by atoms with van der Waals surface area (Å²) in [5, 5.41) is 0.451. The first kappa shape index (κ1) is 16.4. The number of carbonyl (C=O) groups excluding carboxylic acids is 1. The van der Waals surface area contributed by atoms with Gasteiger partial charge in [-0.15, -0.1) is 0 Å². The summed E-state index contributed by atoms with van der Waals surface area (Å²) in [4.78, 5) is 31.9. The van der Waals surface area contributed by atoms with Gasteiger partial charge in [0, 0.05) is 18.7 Å². The normalized spacial score (nSPS) is 27.0. The number of fused-ring (bicyclic) bond motifs is 4. The van der Waals surface area contributed by atoms with E-state index >= 15 is 0 Å². The summed E-state index contributed by atoms with van der Waals surface area (Å²) in [7, 11) is -1.33. The van der Waals surface area contributed by atoms with E-state index in [1.54, 1.807) is 48.6 Å². The van der Waals surface area contributed by atoms with Crippen LogP contribution in [0.2, 0.25) is 0 Å². The lowest BCUT2D eigenvalue weighted by atomic mass is 10.0. The van der Waals surface area contributed by atoms with Crippen LogP contribution in [0.3, 0.4) is 0 Å². The van der Waals surface area contributed by atoms with E-state index in [-0.39, 0.29) is 11.5 Å². The van der Waals surface area contributed by atoms with Crippen molar-refractivity contribution in [3.8, 4) is 0 Å². The highest BCUT2D eigenvalue weighted by Crippen LogP contribution is 2.42. The molecule has 0 saturated carbocycles. The lowest BCUT2D eigenvalue weighted by molar-refractivity contribution is -0.140. The Morgan fingerprint density at radius 1 is 1.30 bits per heavy atom. The van der Waals surface area contributed by atoms with Gasteiger partial charge >= 0.3 is 0 Å². The lowest BCUT2D eigenvalue weighted by Crippen LogP contribution is -2.57. The average molecular weight is 383 g/mol. The highest BCUT2D eigenvalue weighted by Gasteiger charge is 2.56. The third kappa shape index (κ3) is 2.13. The van der Waals surface area contributed by atoms with Gasteiger partial charge < -0.3 is 9.32 Å². The molecule has 7 nitrogen and oxygen atoms in total. The molecular formula is C19H17N3O4S. The second kappa shape index (κ2) is 5.63. The van der Waals surface area contributed by atoms with Gasteiger partial charge in [0.05, 0.1) is 34.2 Å². The van der Waals surface area contributed by atoms with Gasteiger partial charge in [-0.05, 0) is 30.7 Å². The molecule has 0 aliphatic carbocycles. The van der Waals surface area contributed by atoms with E-state index in [4.69, 9.17) is 9.40 Å². The van der Waals surface area contributed by atoms with Crippen molar-refractivity contribution in [3.05, 3.63) is 64.6 Å². The van der Waals surface area contributed by atoms with Crippen molar-refractivity contribution in [3.63, 3.8) is 0 Å². The van der Waals surface area contributed by atoms with Crippen LogP contribution in [0, 0.1) is 0 Å². The molecule has 1 aromatic carbocycles. The van der Waals surface area contributed by atoms with E-state index in [0.717, 1.165) is 5.56 Å². The Morgan fingerprint density at radius 2 is 2.11 bits per heavy atom. The molecule has 2 aliphatic rings. The molecule has 3 atom stereocenters. The molecule has 0 bridgehead atoms. The van der Waals surface area contributed by atoms with E-state index in [2.05, 4.69) is 0 Å². The SMILES string of the molecule is C[C@]12c3nc4ccccc4c(=O)n3[C@H](Cc3ccoc3)C(=O)N1CCS2=O. The van der Waals surface area contributed by atoms with Gasteiger partial charge in [0.25, 0.3) is 5.56 Å². The number of carbonyl (C=O) groups is 1. The summed E-state index contributed by atoms with van der Waals surface area (Å²) in [5.74, 6) is 0.579.